The van der Waals surface area contributed by atoms with E-state index < -0.39 is 0 Å². The molecule has 0 aliphatic heterocycles. The molecule has 0 amide bonds. The molecule has 0 aromatic rings. The van der Waals surface area contributed by atoms with Crippen molar-refractivity contribution in [1.82, 2.24) is 0 Å². The van der Waals surface area contributed by atoms with Crippen LogP contribution in [0, 0.1) is 0 Å². The lowest BCUT2D eigenvalue weighted by molar-refractivity contribution is 0.0850. The molecule has 0 bridgehead atoms. The molecule has 10 heavy (non-hydrogen) atoms. The molecule has 0 aliphatic rings. The van der Waals surface area contributed by atoms with Gasteiger partial charge in [0.15, 0.2) is 0 Å². The van der Waals surface area contributed by atoms with Gasteiger partial charge >= 0.3 is 0 Å². The van der Waals surface area contributed by atoms with Crippen LogP contribution >= 0.6 is 0 Å². The van der Waals surface area contributed by atoms with E-state index in [2.05, 4.69) is 19.0 Å². The minimum absolute atomic E-state index is 0.202. The van der Waals surface area contributed by atoms with Crippen LogP contribution in [-0.2, 0) is 4.84 Å². The van der Waals surface area contributed by atoms with Gasteiger partial charge in [-0.05, 0) is 26.7 Å². The van der Waals surface area contributed by atoms with Crippen molar-refractivity contribution in [3.63, 3.8) is 0 Å². The Kier molecular flexibility index (Phi) is 4.99. The minimum atomic E-state index is 0.202. The molecule has 2 nitrogen and oxygen atoms in total. The summed E-state index contributed by atoms with van der Waals surface area (Å²) in [6.45, 7) is 8.14. The zero-order chi connectivity index (χ0) is 7.98. The summed E-state index contributed by atoms with van der Waals surface area (Å²) in [5, 5.41) is 3.98. The van der Waals surface area contributed by atoms with Gasteiger partial charge in [0.1, 0.15) is 6.10 Å². The predicted molar refractivity (Wildman–Crippen MR) is 44.2 cm³/mol. The second kappa shape index (κ2) is 5.27. The summed E-state index contributed by atoms with van der Waals surface area (Å²) in [5.74, 6) is 0. The highest BCUT2D eigenvalue weighted by molar-refractivity contribution is 5.83. The predicted octanol–water partition coefficient (Wildman–Crippen LogP) is 2.59. The van der Waals surface area contributed by atoms with E-state index in [9.17, 15) is 0 Å². The molecule has 0 fully saturated rings. The van der Waals surface area contributed by atoms with Crippen LogP contribution in [0.5, 0.6) is 0 Å². The van der Waals surface area contributed by atoms with Gasteiger partial charge < -0.3 is 4.84 Å². The SMILES string of the molecule is CCC(CC)=NOC(C)C. The number of oxime groups is 1. The third-order valence-corrected chi connectivity index (χ3v) is 1.21. The first kappa shape index (κ1) is 9.47. The molecular weight excluding hydrogens is 126 g/mol. The first-order valence-electron chi connectivity index (χ1n) is 3.92. The van der Waals surface area contributed by atoms with Gasteiger partial charge in [-0.3, -0.25) is 0 Å². The van der Waals surface area contributed by atoms with E-state index in [1.165, 1.54) is 0 Å². The summed E-state index contributed by atoms with van der Waals surface area (Å²) >= 11 is 0. The van der Waals surface area contributed by atoms with Gasteiger partial charge in [-0.25, -0.2) is 0 Å². The molecular formula is C8H17NO. The highest BCUT2D eigenvalue weighted by Gasteiger charge is 1.93. The zero-order valence-corrected chi connectivity index (χ0v) is 7.35. The number of hydrogen-bond acceptors (Lipinski definition) is 2. The van der Waals surface area contributed by atoms with Crippen molar-refractivity contribution in [3.8, 4) is 0 Å². The average molecular weight is 143 g/mol. The van der Waals surface area contributed by atoms with Gasteiger partial charge in [-0.15, -0.1) is 0 Å². The molecule has 0 spiro atoms. The van der Waals surface area contributed by atoms with Crippen molar-refractivity contribution in [2.24, 2.45) is 5.16 Å². The first-order valence-corrected chi connectivity index (χ1v) is 3.92. The molecule has 0 unspecified atom stereocenters. The van der Waals surface area contributed by atoms with Gasteiger partial charge in [-0.2, -0.15) is 0 Å². The minimum Gasteiger partial charge on any atom is -0.393 e. The van der Waals surface area contributed by atoms with Gasteiger partial charge in [0, 0.05) is 0 Å². The summed E-state index contributed by atoms with van der Waals surface area (Å²) in [6, 6.07) is 0. The van der Waals surface area contributed by atoms with E-state index in [-0.39, 0.29) is 6.10 Å². The quantitative estimate of drug-likeness (QED) is 0.438. The first-order chi connectivity index (χ1) is 4.70. The fourth-order valence-corrected chi connectivity index (χ4v) is 0.559. The van der Waals surface area contributed by atoms with Crippen molar-refractivity contribution in [2.45, 2.75) is 46.6 Å². The van der Waals surface area contributed by atoms with Crippen LogP contribution < -0.4 is 0 Å². The topological polar surface area (TPSA) is 21.6 Å². The Labute approximate surface area is 63.3 Å². The van der Waals surface area contributed by atoms with Crippen LogP contribution in [0.3, 0.4) is 0 Å². The van der Waals surface area contributed by atoms with Crippen LogP contribution in [-0.4, -0.2) is 11.8 Å². The maximum atomic E-state index is 5.07. The second-order valence-electron chi connectivity index (χ2n) is 2.52. The van der Waals surface area contributed by atoms with E-state index in [1.807, 2.05) is 13.8 Å². The van der Waals surface area contributed by atoms with Crippen molar-refractivity contribution in [3.05, 3.63) is 0 Å². The normalized spacial score (nSPS) is 9.70. The fraction of sp³-hybridized carbons (Fsp3) is 0.875. The maximum Gasteiger partial charge on any atom is 0.122 e. The Hall–Kier alpha value is -0.530. The molecule has 60 valence electrons. The third-order valence-electron chi connectivity index (χ3n) is 1.21. The fourth-order valence-electron chi connectivity index (χ4n) is 0.559. The molecule has 0 atom stereocenters. The van der Waals surface area contributed by atoms with Crippen molar-refractivity contribution in [1.29, 1.82) is 0 Å². The van der Waals surface area contributed by atoms with Crippen LogP contribution in [0.4, 0.5) is 0 Å². The van der Waals surface area contributed by atoms with Crippen molar-refractivity contribution < 1.29 is 4.84 Å². The Balaban J connectivity index is 3.63. The molecule has 2 heteroatoms. The van der Waals surface area contributed by atoms with E-state index in [1.54, 1.807) is 0 Å². The zero-order valence-electron chi connectivity index (χ0n) is 7.35. The Morgan fingerprint density at radius 1 is 1.30 bits per heavy atom. The van der Waals surface area contributed by atoms with Crippen LogP contribution in [0.1, 0.15) is 40.5 Å². The summed E-state index contributed by atoms with van der Waals surface area (Å²) in [6.07, 6.45) is 2.18. The maximum absolute atomic E-state index is 5.07. The van der Waals surface area contributed by atoms with Gasteiger partial charge in [0.2, 0.25) is 0 Å². The van der Waals surface area contributed by atoms with Gasteiger partial charge in [0.05, 0.1) is 5.71 Å². The summed E-state index contributed by atoms with van der Waals surface area (Å²) in [4.78, 5) is 5.07. The Morgan fingerprint density at radius 2 is 1.80 bits per heavy atom. The molecule has 0 saturated carbocycles. The summed E-state index contributed by atoms with van der Waals surface area (Å²) in [5.41, 5.74) is 1.13. The summed E-state index contributed by atoms with van der Waals surface area (Å²) < 4.78 is 0. The number of nitrogens with zero attached hydrogens (tertiary/aromatic N) is 1. The van der Waals surface area contributed by atoms with E-state index in [0.717, 1.165) is 18.6 Å². The van der Waals surface area contributed by atoms with E-state index >= 15 is 0 Å². The third kappa shape index (κ3) is 4.36. The van der Waals surface area contributed by atoms with Gasteiger partial charge in [0.25, 0.3) is 0 Å². The molecule has 0 aromatic carbocycles. The highest BCUT2D eigenvalue weighted by Crippen LogP contribution is 1.95. The highest BCUT2D eigenvalue weighted by atomic mass is 16.6. The average Bonchev–Trinajstić information content (AvgIpc) is 1.90. The van der Waals surface area contributed by atoms with Crippen LogP contribution in [0.25, 0.3) is 0 Å². The molecule has 0 N–H and O–H groups in total. The molecule has 0 saturated heterocycles. The number of rotatable bonds is 4. The van der Waals surface area contributed by atoms with E-state index in [0.29, 0.717) is 0 Å². The molecule has 0 aliphatic carbocycles. The summed E-state index contributed by atoms with van der Waals surface area (Å²) in [7, 11) is 0. The smallest absolute Gasteiger partial charge is 0.122 e. The lowest BCUT2D eigenvalue weighted by Crippen LogP contribution is -2.01. The van der Waals surface area contributed by atoms with Gasteiger partial charge in [-0.1, -0.05) is 19.0 Å². The molecule has 0 heterocycles. The standard InChI is InChI=1S/C8H17NO/c1-5-8(6-2)9-10-7(3)4/h7H,5-6H2,1-4H3. The van der Waals surface area contributed by atoms with E-state index in [4.69, 9.17) is 4.84 Å². The van der Waals surface area contributed by atoms with Crippen molar-refractivity contribution in [2.75, 3.05) is 0 Å². The van der Waals surface area contributed by atoms with Crippen LogP contribution in [0.2, 0.25) is 0 Å². The monoisotopic (exact) mass is 143 g/mol. The van der Waals surface area contributed by atoms with Crippen molar-refractivity contribution >= 4 is 5.71 Å². The molecule has 0 rings (SSSR count). The number of hydrogen-bond donors (Lipinski definition) is 0. The lowest BCUT2D eigenvalue weighted by atomic mass is 10.2. The Morgan fingerprint density at radius 3 is 2.10 bits per heavy atom. The molecule has 0 aromatic heterocycles. The Bertz CT molecular complexity index is 102. The second-order valence-corrected chi connectivity index (χ2v) is 2.52. The lowest BCUT2D eigenvalue weighted by Gasteiger charge is -2.03. The molecule has 0 radical (unpaired) electrons. The largest absolute Gasteiger partial charge is 0.393 e. The van der Waals surface area contributed by atoms with Crippen LogP contribution in [0.15, 0.2) is 5.16 Å².